The molecule has 0 heterocycles. The topological polar surface area (TPSA) is 71.1 Å². The van der Waals surface area contributed by atoms with Crippen molar-refractivity contribution < 1.29 is 28.8 Å². The van der Waals surface area contributed by atoms with Crippen molar-refractivity contribution in [1.29, 1.82) is 0 Å². The SMILES string of the molecule is COOC(=O)c1cc(OCc2ccccc2)cc(C(=O)OC)c1. The summed E-state index contributed by atoms with van der Waals surface area (Å²) in [5.41, 5.74) is 1.26. The molecule has 0 aliphatic carbocycles. The van der Waals surface area contributed by atoms with Crippen LogP contribution >= 0.6 is 0 Å². The molecular weight excluding hydrogens is 300 g/mol. The van der Waals surface area contributed by atoms with Gasteiger partial charge in [0.15, 0.2) is 0 Å². The molecule has 6 heteroatoms. The zero-order valence-corrected chi connectivity index (χ0v) is 12.8. The predicted octanol–water partition coefficient (Wildman–Crippen LogP) is 2.77. The number of carbonyl (C=O) groups excluding carboxylic acids is 2. The summed E-state index contributed by atoms with van der Waals surface area (Å²) in [6, 6.07) is 13.8. The molecule has 0 spiro atoms. The van der Waals surface area contributed by atoms with Gasteiger partial charge in [0.2, 0.25) is 0 Å². The van der Waals surface area contributed by atoms with Gasteiger partial charge < -0.3 is 9.47 Å². The molecule has 6 nitrogen and oxygen atoms in total. The van der Waals surface area contributed by atoms with E-state index in [1.807, 2.05) is 30.3 Å². The second-order valence-corrected chi connectivity index (χ2v) is 4.55. The van der Waals surface area contributed by atoms with E-state index in [1.54, 1.807) is 0 Å². The fraction of sp³-hybridized carbons (Fsp3) is 0.176. The van der Waals surface area contributed by atoms with Gasteiger partial charge in [0.05, 0.1) is 25.3 Å². The van der Waals surface area contributed by atoms with Gasteiger partial charge in [-0.25, -0.2) is 9.59 Å². The quantitative estimate of drug-likeness (QED) is 0.463. The van der Waals surface area contributed by atoms with Gasteiger partial charge in [-0.3, -0.25) is 4.89 Å². The Bertz CT molecular complexity index is 681. The number of esters is 1. The Hall–Kier alpha value is -2.86. The molecule has 0 aliphatic rings. The minimum absolute atomic E-state index is 0.123. The standard InChI is InChI=1S/C17H16O6/c1-20-16(18)13-8-14(17(19)23-21-2)10-15(9-13)22-11-12-6-4-3-5-7-12/h3-10H,11H2,1-2H3. The first-order valence-corrected chi connectivity index (χ1v) is 6.79. The summed E-state index contributed by atoms with van der Waals surface area (Å²) in [4.78, 5) is 32.3. The summed E-state index contributed by atoms with van der Waals surface area (Å²) in [6.45, 7) is 0.296. The van der Waals surface area contributed by atoms with E-state index in [0.717, 1.165) is 5.56 Å². The molecule has 0 fully saturated rings. The summed E-state index contributed by atoms with van der Waals surface area (Å²) in [5.74, 6) is -0.968. The van der Waals surface area contributed by atoms with Crippen LogP contribution < -0.4 is 4.74 Å². The van der Waals surface area contributed by atoms with Crippen LogP contribution in [0.2, 0.25) is 0 Å². The molecule has 0 radical (unpaired) electrons. The van der Waals surface area contributed by atoms with Crippen LogP contribution in [-0.4, -0.2) is 26.2 Å². The minimum Gasteiger partial charge on any atom is -0.489 e. The highest BCUT2D eigenvalue weighted by Crippen LogP contribution is 2.20. The second-order valence-electron chi connectivity index (χ2n) is 4.55. The fourth-order valence-corrected chi connectivity index (χ4v) is 1.90. The van der Waals surface area contributed by atoms with Crippen molar-refractivity contribution in [3.8, 4) is 5.75 Å². The van der Waals surface area contributed by atoms with Crippen LogP contribution in [0, 0.1) is 0 Å². The van der Waals surface area contributed by atoms with E-state index < -0.39 is 11.9 Å². The van der Waals surface area contributed by atoms with Crippen molar-refractivity contribution in [2.75, 3.05) is 14.2 Å². The first-order valence-electron chi connectivity index (χ1n) is 6.79. The van der Waals surface area contributed by atoms with Crippen LogP contribution in [0.3, 0.4) is 0 Å². The Balaban J connectivity index is 2.24. The lowest BCUT2D eigenvalue weighted by Crippen LogP contribution is -2.09. The average molecular weight is 316 g/mol. The minimum atomic E-state index is -0.734. The molecule has 0 N–H and O–H groups in total. The largest absolute Gasteiger partial charge is 0.489 e. The lowest BCUT2D eigenvalue weighted by atomic mass is 10.1. The van der Waals surface area contributed by atoms with Crippen molar-refractivity contribution in [3.05, 3.63) is 65.2 Å². The Kier molecular flexibility index (Phi) is 5.71. The second kappa shape index (κ2) is 7.95. The monoisotopic (exact) mass is 316 g/mol. The summed E-state index contributed by atoms with van der Waals surface area (Å²) in [5, 5.41) is 0. The number of ether oxygens (including phenoxy) is 2. The lowest BCUT2D eigenvalue weighted by molar-refractivity contribution is -0.216. The number of methoxy groups -OCH3 is 1. The number of carbonyl (C=O) groups is 2. The normalized spacial score (nSPS) is 10.0. The Morgan fingerprint density at radius 1 is 0.913 bits per heavy atom. The van der Waals surface area contributed by atoms with E-state index in [2.05, 4.69) is 14.5 Å². The molecule has 2 rings (SSSR count). The maximum Gasteiger partial charge on any atom is 0.373 e. The number of rotatable bonds is 6. The molecule has 0 saturated carbocycles. The summed E-state index contributed by atoms with van der Waals surface area (Å²) < 4.78 is 10.3. The van der Waals surface area contributed by atoms with E-state index in [9.17, 15) is 9.59 Å². The van der Waals surface area contributed by atoms with Gasteiger partial charge in [0.1, 0.15) is 12.4 Å². The third kappa shape index (κ3) is 4.55. The van der Waals surface area contributed by atoms with Gasteiger partial charge >= 0.3 is 11.9 Å². The molecule has 120 valence electrons. The Morgan fingerprint density at radius 2 is 1.57 bits per heavy atom. The first kappa shape index (κ1) is 16.5. The zero-order valence-electron chi connectivity index (χ0n) is 12.8. The van der Waals surface area contributed by atoms with E-state index in [1.165, 1.54) is 32.4 Å². The van der Waals surface area contributed by atoms with Gasteiger partial charge in [-0.05, 0) is 23.8 Å². The molecule has 2 aromatic rings. The van der Waals surface area contributed by atoms with Gasteiger partial charge in [0.25, 0.3) is 0 Å². The Labute approximate surface area is 133 Å². The fourth-order valence-electron chi connectivity index (χ4n) is 1.90. The molecule has 2 aromatic carbocycles. The molecule has 0 unspecified atom stereocenters. The van der Waals surface area contributed by atoms with Gasteiger partial charge in [-0.1, -0.05) is 30.3 Å². The Morgan fingerprint density at radius 3 is 2.17 bits per heavy atom. The van der Waals surface area contributed by atoms with Crippen molar-refractivity contribution in [2.24, 2.45) is 0 Å². The van der Waals surface area contributed by atoms with Crippen molar-refractivity contribution in [1.82, 2.24) is 0 Å². The summed E-state index contributed by atoms with van der Waals surface area (Å²) >= 11 is 0. The lowest BCUT2D eigenvalue weighted by Gasteiger charge is -2.10. The van der Waals surface area contributed by atoms with E-state index >= 15 is 0 Å². The molecule has 0 atom stereocenters. The average Bonchev–Trinajstić information content (AvgIpc) is 2.60. The molecule has 23 heavy (non-hydrogen) atoms. The third-order valence-electron chi connectivity index (χ3n) is 2.97. The van der Waals surface area contributed by atoms with Crippen LogP contribution in [0.1, 0.15) is 26.3 Å². The zero-order chi connectivity index (χ0) is 16.7. The van der Waals surface area contributed by atoms with Crippen molar-refractivity contribution in [3.63, 3.8) is 0 Å². The molecular formula is C17H16O6. The molecule has 0 bridgehead atoms. The maximum atomic E-state index is 11.8. The van der Waals surface area contributed by atoms with Crippen LogP contribution in [0.4, 0.5) is 0 Å². The van der Waals surface area contributed by atoms with Crippen molar-refractivity contribution in [2.45, 2.75) is 6.61 Å². The van der Waals surface area contributed by atoms with Gasteiger partial charge in [0, 0.05) is 0 Å². The van der Waals surface area contributed by atoms with E-state index in [-0.39, 0.29) is 11.1 Å². The number of benzene rings is 2. The number of hydrogen-bond donors (Lipinski definition) is 0. The highest BCUT2D eigenvalue weighted by Gasteiger charge is 2.15. The van der Waals surface area contributed by atoms with Gasteiger partial charge in [-0.15, -0.1) is 0 Å². The molecule has 0 aliphatic heterocycles. The third-order valence-corrected chi connectivity index (χ3v) is 2.97. The predicted molar refractivity (Wildman–Crippen MR) is 81.0 cm³/mol. The van der Waals surface area contributed by atoms with Crippen LogP contribution in [0.25, 0.3) is 0 Å². The van der Waals surface area contributed by atoms with Crippen LogP contribution in [0.5, 0.6) is 5.75 Å². The maximum absolute atomic E-state index is 11.8. The first-order chi connectivity index (χ1) is 11.1. The number of hydrogen-bond acceptors (Lipinski definition) is 6. The molecule has 0 saturated heterocycles. The van der Waals surface area contributed by atoms with Crippen molar-refractivity contribution >= 4 is 11.9 Å². The smallest absolute Gasteiger partial charge is 0.373 e. The molecule has 0 amide bonds. The van der Waals surface area contributed by atoms with Crippen LogP contribution in [0.15, 0.2) is 48.5 Å². The highest BCUT2D eigenvalue weighted by atomic mass is 17.2. The van der Waals surface area contributed by atoms with E-state index in [0.29, 0.717) is 12.4 Å². The van der Waals surface area contributed by atoms with Gasteiger partial charge in [-0.2, -0.15) is 4.89 Å². The highest BCUT2D eigenvalue weighted by molar-refractivity contribution is 5.95. The summed E-state index contributed by atoms with van der Waals surface area (Å²) in [7, 11) is 2.47. The van der Waals surface area contributed by atoms with Crippen LogP contribution in [-0.2, 0) is 21.1 Å². The molecule has 0 aromatic heterocycles. The summed E-state index contributed by atoms with van der Waals surface area (Å²) in [6.07, 6.45) is 0. The van der Waals surface area contributed by atoms with E-state index in [4.69, 9.17) is 4.74 Å².